The molecule has 0 amide bonds. The molecule has 0 aromatic heterocycles. The number of rotatable bonds is 6. The zero-order valence-electron chi connectivity index (χ0n) is 11.9. The van der Waals surface area contributed by atoms with Crippen molar-refractivity contribution in [2.24, 2.45) is 10.4 Å². The summed E-state index contributed by atoms with van der Waals surface area (Å²) in [6.07, 6.45) is 2.21. The van der Waals surface area contributed by atoms with E-state index in [-0.39, 0.29) is 36.0 Å². The summed E-state index contributed by atoms with van der Waals surface area (Å²) in [5.74, 6) is 0.825. The first-order valence-corrected chi connectivity index (χ1v) is 6.95. The Labute approximate surface area is 138 Å². The molecule has 0 saturated heterocycles. The van der Waals surface area contributed by atoms with Gasteiger partial charge in [-0.2, -0.15) is 0 Å². The van der Waals surface area contributed by atoms with Crippen molar-refractivity contribution in [3.8, 4) is 0 Å². The quantitative estimate of drug-likeness (QED) is 0.397. The van der Waals surface area contributed by atoms with Crippen LogP contribution < -0.4 is 10.6 Å². The molecule has 112 valence electrons. The Hall–Kier alpha value is -0.820. The van der Waals surface area contributed by atoms with Crippen LogP contribution in [0.2, 0.25) is 0 Å². The summed E-state index contributed by atoms with van der Waals surface area (Å²) < 4.78 is 0. The largest absolute Gasteiger partial charge is 0.396 e. The number of guanidine groups is 1. The molecule has 0 unspecified atom stereocenters. The molecular weight excluding hydrogens is 365 g/mol. The van der Waals surface area contributed by atoms with E-state index in [1.54, 1.807) is 0 Å². The van der Waals surface area contributed by atoms with E-state index in [2.05, 4.69) is 34.7 Å². The number of hydrogen-bond acceptors (Lipinski definition) is 2. The van der Waals surface area contributed by atoms with Gasteiger partial charge in [0.15, 0.2) is 5.96 Å². The molecule has 0 spiro atoms. The molecule has 0 aliphatic heterocycles. The molecule has 1 fully saturated rings. The van der Waals surface area contributed by atoms with Gasteiger partial charge in [-0.1, -0.05) is 30.3 Å². The molecule has 5 heteroatoms. The number of halogens is 1. The zero-order chi connectivity index (χ0) is 13.6. The van der Waals surface area contributed by atoms with Gasteiger partial charge in [-0.05, 0) is 25.3 Å². The molecule has 1 aromatic carbocycles. The van der Waals surface area contributed by atoms with Crippen LogP contribution in [-0.2, 0) is 6.54 Å². The number of aliphatic hydroxyl groups is 1. The Morgan fingerprint density at radius 1 is 1.25 bits per heavy atom. The van der Waals surface area contributed by atoms with E-state index in [4.69, 9.17) is 0 Å². The molecular formula is C15H24IN3O. The Morgan fingerprint density at radius 2 is 1.95 bits per heavy atom. The van der Waals surface area contributed by atoms with E-state index < -0.39 is 0 Å². The Morgan fingerprint density at radius 3 is 2.50 bits per heavy atom. The highest BCUT2D eigenvalue weighted by atomic mass is 127. The molecule has 4 nitrogen and oxygen atoms in total. The van der Waals surface area contributed by atoms with Crippen molar-refractivity contribution in [3.05, 3.63) is 35.9 Å². The van der Waals surface area contributed by atoms with Crippen LogP contribution in [0.3, 0.4) is 0 Å². The van der Waals surface area contributed by atoms with Crippen LogP contribution in [0.5, 0.6) is 0 Å². The maximum absolute atomic E-state index is 9.31. The second kappa shape index (κ2) is 8.46. The minimum absolute atomic E-state index is 0. The fourth-order valence-electron chi connectivity index (χ4n) is 1.93. The topological polar surface area (TPSA) is 56.7 Å². The third kappa shape index (κ3) is 5.28. The molecule has 1 aromatic rings. The molecule has 0 radical (unpaired) electrons. The summed E-state index contributed by atoms with van der Waals surface area (Å²) in [5, 5.41) is 15.9. The van der Waals surface area contributed by atoms with E-state index in [0.717, 1.165) is 31.9 Å². The summed E-state index contributed by atoms with van der Waals surface area (Å²) in [6, 6.07) is 10.2. The fraction of sp³-hybridized carbons (Fsp3) is 0.533. The van der Waals surface area contributed by atoms with Gasteiger partial charge in [-0.15, -0.1) is 24.0 Å². The predicted octanol–water partition coefficient (Wildman–Crippen LogP) is 2.13. The van der Waals surface area contributed by atoms with Crippen molar-refractivity contribution in [2.75, 3.05) is 19.7 Å². The third-order valence-electron chi connectivity index (χ3n) is 3.53. The van der Waals surface area contributed by atoms with Crippen molar-refractivity contribution >= 4 is 29.9 Å². The number of aliphatic imine (C=N–C) groups is 1. The van der Waals surface area contributed by atoms with Crippen LogP contribution in [0.25, 0.3) is 0 Å². The SMILES string of the molecule is CCNC(=NCc1ccccc1)NCC1(CO)CC1.I. The van der Waals surface area contributed by atoms with Crippen LogP contribution in [0, 0.1) is 5.41 Å². The first kappa shape index (κ1) is 17.2. The second-order valence-corrected chi connectivity index (χ2v) is 5.19. The van der Waals surface area contributed by atoms with Crippen molar-refractivity contribution in [1.82, 2.24) is 10.6 Å². The zero-order valence-corrected chi connectivity index (χ0v) is 14.3. The van der Waals surface area contributed by atoms with Gasteiger partial charge < -0.3 is 15.7 Å². The summed E-state index contributed by atoms with van der Waals surface area (Å²) in [4.78, 5) is 4.56. The summed E-state index contributed by atoms with van der Waals surface area (Å²) in [5.41, 5.74) is 1.30. The van der Waals surface area contributed by atoms with Gasteiger partial charge in [0.2, 0.25) is 0 Å². The van der Waals surface area contributed by atoms with Gasteiger partial charge in [0.05, 0.1) is 13.2 Å². The van der Waals surface area contributed by atoms with Gasteiger partial charge >= 0.3 is 0 Å². The Balaban J connectivity index is 0.00000200. The lowest BCUT2D eigenvalue weighted by Gasteiger charge is -2.16. The fourth-order valence-corrected chi connectivity index (χ4v) is 1.93. The lowest BCUT2D eigenvalue weighted by Crippen LogP contribution is -2.41. The molecule has 1 aliphatic carbocycles. The first-order valence-electron chi connectivity index (χ1n) is 6.95. The summed E-state index contributed by atoms with van der Waals surface area (Å²) in [6.45, 7) is 4.62. The van der Waals surface area contributed by atoms with Gasteiger partial charge in [0.1, 0.15) is 0 Å². The molecule has 2 rings (SSSR count). The van der Waals surface area contributed by atoms with Gasteiger partial charge in [-0.25, -0.2) is 4.99 Å². The Bertz CT molecular complexity index is 418. The van der Waals surface area contributed by atoms with Crippen LogP contribution in [0.15, 0.2) is 35.3 Å². The highest BCUT2D eigenvalue weighted by Crippen LogP contribution is 2.44. The number of benzene rings is 1. The minimum atomic E-state index is 0. The van der Waals surface area contributed by atoms with E-state index >= 15 is 0 Å². The minimum Gasteiger partial charge on any atom is -0.396 e. The van der Waals surface area contributed by atoms with Gasteiger partial charge in [0.25, 0.3) is 0 Å². The number of nitrogens with one attached hydrogen (secondary N) is 2. The molecule has 3 N–H and O–H groups in total. The smallest absolute Gasteiger partial charge is 0.191 e. The lowest BCUT2D eigenvalue weighted by molar-refractivity contribution is 0.212. The number of hydrogen-bond donors (Lipinski definition) is 3. The standard InChI is InChI=1S/C15H23N3O.HI/c1-2-16-14(18-11-15(12-19)8-9-15)17-10-13-6-4-3-5-7-13;/h3-7,19H,2,8-12H2,1H3,(H2,16,17,18);1H. The van der Waals surface area contributed by atoms with E-state index in [0.29, 0.717) is 6.54 Å². The predicted molar refractivity (Wildman–Crippen MR) is 93.4 cm³/mol. The van der Waals surface area contributed by atoms with E-state index in [1.807, 2.05) is 18.2 Å². The molecule has 20 heavy (non-hydrogen) atoms. The van der Waals surface area contributed by atoms with Gasteiger partial charge in [0, 0.05) is 18.5 Å². The van der Waals surface area contributed by atoms with E-state index in [9.17, 15) is 5.11 Å². The third-order valence-corrected chi connectivity index (χ3v) is 3.53. The van der Waals surface area contributed by atoms with Crippen molar-refractivity contribution in [2.45, 2.75) is 26.3 Å². The normalized spacial score (nSPS) is 16.2. The lowest BCUT2D eigenvalue weighted by atomic mass is 10.1. The molecule has 0 heterocycles. The van der Waals surface area contributed by atoms with Crippen LogP contribution in [-0.4, -0.2) is 30.8 Å². The average Bonchev–Trinajstić information content (AvgIpc) is 3.24. The highest BCUT2D eigenvalue weighted by molar-refractivity contribution is 14.0. The van der Waals surface area contributed by atoms with Crippen molar-refractivity contribution in [1.29, 1.82) is 0 Å². The van der Waals surface area contributed by atoms with Crippen LogP contribution in [0.1, 0.15) is 25.3 Å². The number of nitrogens with zero attached hydrogens (tertiary/aromatic N) is 1. The molecule has 0 bridgehead atoms. The molecule has 1 saturated carbocycles. The maximum atomic E-state index is 9.31. The van der Waals surface area contributed by atoms with Gasteiger partial charge in [-0.3, -0.25) is 0 Å². The highest BCUT2D eigenvalue weighted by Gasteiger charge is 2.41. The van der Waals surface area contributed by atoms with Crippen molar-refractivity contribution < 1.29 is 5.11 Å². The maximum Gasteiger partial charge on any atom is 0.191 e. The summed E-state index contributed by atoms with van der Waals surface area (Å²) >= 11 is 0. The Kier molecular flexibility index (Phi) is 7.29. The summed E-state index contributed by atoms with van der Waals surface area (Å²) in [7, 11) is 0. The van der Waals surface area contributed by atoms with Crippen LogP contribution >= 0.6 is 24.0 Å². The van der Waals surface area contributed by atoms with Crippen LogP contribution in [0.4, 0.5) is 0 Å². The van der Waals surface area contributed by atoms with E-state index in [1.165, 1.54) is 5.56 Å². The second-order valence-electron chi connectivity index (χ2n) is 5.19. The number of aliphatic hydroxyl groups excluding tert-OH is 1. The first-order chi connectivity index (χ1) is 9.28. The monoisotopic (exact) mass is 389 g/mol. The molecule has 0 atom stereocenters. The average molecular weight is 389 g/mol. The molecule has 1 aliphatic rings. The van der Waals surface area contributed by atoms with Crippen molar-refractivity contribution in [3.63, 3.8) is 0 Å².